The van der Waals surface area contributed by atoms with Gasteiger partial charge in [0.25, 0.3) is 0 Å². The highest BCUT2D eigenvalue weighted by Crippen LogP contribution is 2.42. The maximum atomic E-state index is 11.0. The van der Waals surface area contributed by atoms with Crippen LogP contribution in [0.4, 0.5) is 0 Å². The van der Waals surface area contributed by atoms with E-state index in [9.17, 15) is 4.79 Å². The molecule has 1 aromatic carbocycles. The number of carbonyl (C=O) groups is 1. The first-order valence-electron chi connectivity index (χ1n) is 4.40. The number of hydrogen-bond donors (Lipinski definition) is 1. The van der Waals surface area contributed by atoms with Gasteiger partial charge in [0.15, 0.2) is 5.75 Å². The summed E-state index contributed by atoms with van der Waals surface area (Å²) in [6.07, 6.45) is 0.734. The molecule has 5 heteroatoms. The quantitative estimate of drug-likeness (QED) is 0.896. The Morgan fingerprint density at radius 1 is 1.67 bits per heavy atom. The van der Waals surface area contributed by atoms with Gasteiger partial charge in [0.1, 0.15) is 15.8 Å². The molecule has 1 aromatic rings. The normalized spacial score (nSPS) is 13.2. The van der Waals surface area contributed by atoms with Crippen LogP contribution in [0.1, 0.15) is 15.9 Å². The van der Waals surface area contributed by atoms with Crippen LogP contribution in [-0.4, -0.2) is 24.8 Å². The highest BCUT2D eigenvalue weighted by molar-refractivity contribution is 9.10. The number of methoxy groups -OCH3 is 1. The van der Waals surface area contributed by atoms with E-state index in [0.717, 1.165) is 12.0 Å². The molecule has 0 radical (unpaired) electrons. The largest absolute Gasteiger partial charge is 0.495 e. The van der Waals surface area contributed by atoms with Crippen LogP contribution in [0.2, 0.25) is 0 Å². The number of benzene rings is 1. The van der Waals surface area contributed by atoms with Crippen LogP contribution in [0.15, 0.2) is 10.5 Å². The van der Waals surface area contributed by atoms with Gasteiger partial charge in [0, 0.05) is 6.42 Å². The van der Waals surface area contributed by atoms with Crippen LogP contribution in [0.3, 0.4) is 0 Å². The number of fused-ring (bicyclic) bond motifs is 1. The molecule has 15 heavy (non-hydrogen) atoms. The van der Waals surface area contributed by atoms with Gasteiger partial charge in [-0.3, -0.25) is 0 Å². The minimum Gasteiger partial charge on any atom is -0.495 e. The second-order valence-corrected chi connectivity index (χ2v) is 3.96. The van der Waals surface area contributed by atoms with E-state index < -0.39 is 5.97 Å². The van der Waals surface area contributed by atoms with Crippen molar-refractivity contribution in [1.82, 2.24) is 0 Å². The number of ether oxygens (including phenoxy) is 2. The van der Waals surface area contributed by atoms with E-state index in [1.165, 1.54) is 7.11 Å². The number of carboxylic acid groups (broad SMARTS) is 1. The fraction of sp³-hybridized carbons (Fsp3) is 0.300. The third-order valence-electron chi connectivity index (χ3n) is 2.31. The second kappa shape index (κ2) is 3.73. The molecule has 0 saturated carbocycles. The minimum atomic E-state index is -0.998. The van der Waals surface area contributed by atoms with Crippen LogP contribution < -0.4 is 9.47 Å². The zero-order valence-corrected chi connectivity index (χ0v) is 9.63. The number of halogens is 1. The first-order chi connectivity index (χ1) is 7.15. The summed E-state index contributed by atoms with van der Waals surface area (Å²) in [6.45, 7) is 0.583. The van der Waals surface area contributed by atoms with Gasteiger partial charge >= 0.3 is 5.97 Å². The molecular formula is C10H9BrO4. The first-order valence-corrected chi connectivity index (χ1v) is 5.20. The topological polar surface area (TPSA) is 55.8 Å². The van der Waals surface area contributed by atoms with Gasteiger partial charge in [0.05, 0.1) is 13.7 Å². The lowest BCUT2D eigenvalue weighted by Gasteiger charge is -2.10. The van der Waals surface area contributed by atoms with Crippen molar-refractivity contribution in [2.75, 3.05) is 13.7 Å². The molecule has 0 aromatic heterocycles. The maximum absolute atomic E-state index is 11.0. The summed E-state index contributed by atoms with van der Waals surface area (Å²) in [5.74, 6) is 0.00208. The van der Waals surface area contributed by atoms with Crippen LogP contribution in [0, 0.1) is 0 Å². The van der Waals surface area contributed by atoms with Crippen molar-refractivity contribution in [3.05, 3.63) is 21.7 Å². The summed E-state index contributed by atoms with van der Waals surface area (Å²) in [4.78, 5) is 11.0. The van der Waals surface area contributed by atoms with E-state index >= 15 is 0 Å². The zero-order chi connectivity index (χ0) is 11.0. The standard InChI is InChI=1S/C10H9BrO4/c1-14-9-6(10(12)13)4-5-2-3-15-8(5)7(9)11/h4H,2-3H2,1H3,(H,12,13). The fourth-order valence-corrected chi connectivity index (χ4v) is 2.38. The van der Waals surface area contributed by atoms with E-state index in [4.69, 9.17) is 14.6 Å². The molecule has 1 aliphatic rings. The van der Waals surface area contributed by atoms with Crippen molar-refractivity contribution in [2.24, 2.45) is 0 Å². The Hall–Kier alpha value is -1.23. The van der Waals surface area contributed by atoms with Crippen LogP contribution in [0.5, 0.6) is 11.5 Å². The lowest BCUT2D eigenvalue weighted by atomic mass is 10.1. The van der Waals surface area contributed by atoms with Gasteiger partial charge < -0.3 is 14.6 Å². The smallest absolute Gasteiger partial charge is 0.339 e. The molecular weight excluding hydrogens is 264 g/mol. The molecule has 0 unspecified atom stereocenters. The summed E-state index contributed by atoms with van der Waals surface area (Å²) >= 11 is 3.30. The Balaban J connectivity index is 2.66. The molecule has 2 rings (SSSR count). The molecule has 0 atom stereocenters. The van der Waals surface area contributed by atoms with Crippen molar-refractivity contribution in [2.45, 2.75) is 6.42 Å². The Bertz CT molecular complexity index is 428. The zero-order valence-electron chi connectivity index (χ0n) is 8.04. The predicted molar refractivity (Wildman–Crippen MR) is 56.9 cm³/mol. The lowest BCUT2D eigenvalue weighted by molar-refractivity contribution is 0.0693. The molecule has 0 spiro atoms. The molecule has 4 nitrogen and oxygen atoms in total. The number of aromatic carboxylic acids is 1. The van der Waals surface area contributed by atoms with E-state index in [-0.39, 0.29) is 5.56 Å². The Morgan fingerprint density at radius 3 is 3.00 bits per heavy atom. The van der Waals surface area contributed by atoms with Crippen molar-refractivity contribution in [1.29, 1.82) is 0 Å². The average molecular weight is 273 g/mol. The van der Waals surface area contributed by atoms with Gasteiger partial charge in [-0.25, -0.2) is 4.79 Å². The van der Waals surface area contributed by atoms with Crippen molar-refractivity contribution >= 4 is 21.9 Å². The summed E-state index contributed by atoms with van der Waals surface area (Å²) < 4.78 is 11.0. The summed E-state index contributed by atoms with van der Waals surface area (Å²) in [7, 11) is 1.44. The van der Waals surface area contributed by atoms with Crippen LogP contribution >= 0.6 is 15.9 Å². The summed E-state index contributed by atoms with van der Waals surface area (Å²) in [6, 6.07) is 1.61. The maximum Gasteiger partial charge on any atom is 0.339 e. The van der Waals surface area contributed by atoms with Crippen molar-refractivity contribution in [3.63, 3.8) is 0 Å². The SMILES string of the molecule is COc1c(C(=O)O)cc2c(c1Br)OCC2. The lowest BCUT2D eigenvalue weighted by Crippen LogP contribution is -2.02. The van der Waals surface area contributed by atoms with Crippen LogP contribution in [0.25, 0.3) is 0 Å². The molecule has 0 amide bonds. The van der Waals surface area contributed by atoms with Crippen molar-refractivity contribution < 1.29 is 19.4 Å². The molecule has 1 aliphatic heterocycles. The molecule has 0 fully saturated rings. The molecule has 80 valence electrons. The number of hydrogen-bond acceptors (Lipinski definition) is 3. The third-order valence-corrected chi connectivity index (χ3v) is 3.03. The second-order valence-electron chi connectivity index (χ2n) is 3.16. The van der Waals surface area contributed by atoms with Gasteiger partial charge in [-0.15, -0.1) is 0 Å². The third kappa shape index (κ3) is 1.56. The van der Waals surface area contributed by atoms with Gasteiger partial charge in [-0.05, 0) is 27.6 Å². The van der Waals surface area contributed by atoms with Crippen molar-refractivity contribution in [3.8, 4) is 11.5 Å². The van der Waals surface area contributed by atoms with Gasteiger partial charge in [0.2, 0.25) is 0 Å². The highest BCUT2D eigenvalue weighted by atomic mass is 79.9. The summed E-state index contributed by atoms with van der Waals surface area (Å²) in [5, 5.41) is 9.01. The average Bonchev–Trinajstić information content (AvgIpc) is 2.65. The Morgan fingerprint density at radius 2 is 2.40 bits per heavy atom. The first kappa shape index (κ1) is 10.3. The van der Waals surface area contributed by atoms with E-state index in [1.807, 2.05) is 0 Å². The Labute approximate surface area is 94.9 Å². The minimum absolute atomic E-state index is 0.161. The molecule has 0 aliphatic carbocycles. The van der Waals surface area contributed by atoms with E-state index in [2.05, 4.69) is 15.9 Å². The van der Waals surface area contributed by atoms with E-state index in [1.54, 1.807) is 6.07 Å². The predicted octanol–water partition coefficient (Wildman–Crippen LogP) is 2.09. The Kier molecular flexibility index (Phi) is 2.56. The fourth-order valence-electron chi connectivity index (χ4n) is 1.63. The van der Waals surface area contributed by atoms with Gasteiger partial charge in [-0.1, -0.05) is 0 Å². The molecule has 1 heterocycles. The summed E-state index contributed by atoms with van der Waals surface area (Å²) in [5.41, 5.74) is 1.06. The van der Waals surface area contributed by atoms with E-state index in [0.29, 0.717) is 22.6 Å². The monoisotopic (exact) mass is 272 g/mol. The number of carboxylic acids is 1. The number of rotatable bonds is 2. The molecule has 0 bridgehead atoms. The van der Waals surface area contributed by atoms with Crippen LogP contribution in [-0.2, 0) is 6.42 Å². The molecule has 0 saturated heterocycles. The molecule has 1 N–H and O–H groups in total. The van der Waals surface area contributed by atoms with Gasteiger partial charge in [-0.2, -0.15) is 0 Å². The highest BCUT2D eigenvalue weighted by Gasteiger charge is 2.24.